The second-order valence-corrected chi connectivity index (χ2v) is 8.66. The minimum absolute atomic E-state index is 0.162. The third kappa shape index (κ3) is 5.63. The Balaban J connectivity index is 1.39. The van der Waals surface area contributed by atoms with Gasteiger partial charge in [-0.25, -0.2) is 0 Å². The quantitative estimate of drug-likeness (QED) is 0.362. The number of hydrogen-bond acceptors (Lipinski definition) is 5. The van der Waals surface area contributed by atoms with Crippen LogP contribution in [-0.2, 0) is 9.59 Å². The van der Waals surface area contributed by atoms with Crippen molar-refractivity contribution in [3.05, 3.63) is 95.4 Å². The second-order valence-electron chi connectivity index (χ2n) is 6.99. The van der Waals surface area contributed by atoms with Gasteiger partial charge in [-0.05, 0) is 48.0 Å². The molecule has 1 aliphatic heterocycles. The summed E-state index contributed by atoms with van der Waals surface area (Å²) in [5.74, 6) is 1.06. The first-order valence-electron chi connectivity index (χ1n) is 10.0. The van der Waals surface area contributed by atoms with Crippen molar-refractivity contribution in [3.63, 3.8) is 0 Å². The lowest BCUT2D eigenvalue weighted by Crippen LogP contribution is -2.31. The predicted molar refractivity (Wildman–Crippen MR) is 133 cm³/mol. The Morgan fingerprint density at radius 2 is 1.66 bits per heavy atom. The van der Waals surface area contributed by atoms with Gasteiger partial charge in [0.1, 0.15) is 15.8 Å². The molecule has 0 atom stereocenters. The van der Waals surface area contributed by atoms with Gasteiger partial charge in [-0.1, -0.05) is 72.5 Å². The molecule has 1 aliphatic rings. The summed E-state index contributed by atoms with van der Waals surface area (Å²) in [6, 6.07) is 26.2. The zero-order valence-corrected chi connectivity index (χ0v) is 18.7. The van der Waals surface area contributed by atoms with Gasteiger partial charge in [-0.2, -0.15) is 0 Å². The van der Waals surface area contributed by atoms with Crippen molar-refractivity contribution in [1.82, 2.24) is 4.90 Å². The topological polar surface area (TPSA) is 58.6 Å². The maximum Gasteiger partial charge on any atom is 0.266 e. The molecule has 32 heavy (non-hydrogen) atoms. The summed E-state index contributed by atoms with van der Waals surface area (Å²) in [6.07, 6.45) is 1.95. The molecule has 0 bridgehead atoms. The lowest BCUT2D eigenvalue weighted by Gasteiger charge is -2.14. The van der Waals surface area contributed by atoms with Crippen molar-refractivity contribution in [2.24, 2.45) is 0 Å². The number of rotatable bonds is 7. The molecule has 1 saturated heterocycles. The highest BCUT2D eigenvalue weighted by Gasteiger charge is 2.32. The highest BCUT2D eigenvalue weighted by molar-refractivity contribution is 8.26. The number of amides is 2. The van der Waals surface area contributed by atoms with E-state index in [1.165, 1.54) is 16.7 Å². The molecule has 0 unspecified atom stereocenters. The van der Waals surface area contributed by atoms with Gasteiger partial charge < -0.3 is 10.1 Å². The third-order valence-corrected chi connectivity index (χ3v) is 6.01. The number of carbonyl (C=O) groups is 2. The first kappa shape index (κ1) is 21.8. The molecule has 1 N–H and O–H groups in total. The Kier molecular flexibility index (Phi) is 6.99. The summed E-state index contributed by atoms with van der Waals surface area (Å²) in [5.41, 5.74) is 1.56. The molecule has 3 aromatic carbocycles. The number of anilines is 1. The van der Waals surface area contributed by atoms with Crippen LogP contribution in [0.3, 0.4) is 0 Å². The van der Waals surface area contributed by atoms with Crippen LogP contribution in [0.5, 0.6) is 11.5 Å². The fourth-order valence-corrected chi connectivity index (χ4v) is 4.40. The van der Waals surface area contributed by atoms with E-state index in [0.29, 0.717) is 15.0 Å². The first-order chi connectivity index (χ1) is 15.6. The zero-order chi connectivity index (χ0) is 22.3. The highest BCUT2D eigenvalue weighted by atomic mass is 32.2. The van der Waals surface area contributed by atoms with Gasteiger partial charge in [0.25, 0.3) is 5.91 Å². The summed E-state index contributed by atoms with van der Waals surface area (Å²) < 4.78 is 6.31. The van der Waals surface area contributed by atoms with Crippen LogP contribution in [-0.4, -0.2) is 27.6 Å². The molecule has 160 valence electrons. The summed E-state index contributed by atoms with van der Waals surface area (Å²) in [4.78, 5) is 27.1. The van der Waals surface area contributed by atoms with Crippen molar-refractivity contribution >= 4 is 51.9 Å². The number of thioether (sulfide) groups is 1. The third-order valence-electron chi connectivity index (χ3n) is 4.63. The van der Waals surface area contributed by atoms with Crippen LogP contribution in [0.15, 0.2) is 89.8 Å². The summed E-state index contributed by atoms with van der Waals surface area (Å²) in [6.45, 7) is 0.234. The molecule has 0 aromatic heterocycles. The molecular formula is C25H20N2O3S2. The minimum atomic E-state index is -0.193. The molecular weight excluding hydrogens is 440 g/mol. The van der Waals surface area contributed by atoms with Crippen LogP contribution < -0.4 is 10.1 Å². The molecule has 2 amide bonds. The standard InChI is InChI=1S/C25H20N2O3S2/c28-23(26-19-9-3-1-4-10-19)14-15-27-24(29)22(32-25(27)31)17-18-8-7-13-21(16-18)30-20-11-5-2-6-12-20/h1-13,16-17H,14-15H2,(H,26,28)/b22-17-. The number of thiocarbonyl (C=S) groups is 1. The molecule has 1 heterocycles. The van der Waals surface area contributed by atoms with Crippen LogP contribution >= 0.6 is 24.0 Å². The van der Waals surface area contributed by atoms with Crippen molar-refractivity contribution in [2.75, 3.05) is 11.9 Å². The first-order valence-corrected chi connectivity index (χ1v) is 11.2. The van der Waals surface area contributed by atoms with E-state index in [4.69, 9.17) is 17.0 Å². The van der Waals surface area contributed by atoms with Gasteiger partial charge >= 0.3 is 0 Å². The fraction of sp³-hybridized carbons (Fsp3) is 0.0800. The summed E-state index contributed by atoms with van der Waals surface area (Å²) >= 11 is 6.61. The van der Waals surface area contributed by atoms with Crippen LogP contribution in [0.4, 0.5) is 5.69 Å². The summed E-state index contributed by atoms with van der Waals surface area (Å²) in [5, 5.41) is 2.82. The molecule has 1 fully saturated rings. The van der Waals surface area contributed by atoms with Crippen LogP contribution in [0.25, 0.3) is 6.08 Å². The molecule has 7 heteroatoms. The van der Waals surface area contributed by atoms with Crippen molar-refractivity contribution in [1.29, 1.82) is 0 Å². The fourth-order valence-electron chi connectivity index (χ4n) is 3.09. The van der Waals surface area contributed by atoms with Crippen LogP contribution in [0.1, 0.15) is 12.0 Å². The van der Waals surface area contributed by atoms with Gasteiger partial charge in [0.05, 0.1) is 4.91 Å². The molecule has 0 aliphatic carbocycles. The van der Waals surface area contributed by atoms with E-state index < -0.39 is 0 Å². The van der Waals surface area contributed by atoms with Gasteiger partial charge in [-0.3, -0.25) is 14.5 Å². The van der Waals surface area contributed by atoms with Crippen LogP contribution in [0.2, 0.25) is 0 Å². The maximum atomic E-state index is 12.9. The van der Waals surface area contributed by atoms with Crippen molar-refractivity contribution in [2.45, 2.75) is 6.42 Å². The van der Waals surface area contributed by atoms with E-state index in [1.54, 1.807) is 6.08 Å². The van der Waals surface area contributed by atoms with E-state index in [1.807, 2.05) is 84.9 Å². The van der Waals surface area contributed by atoms with E-state index in [2.05, 4.69) is 5.32 Å². The van der Waals surface area contributed by atoms with E-state index in [0.717, 1.165) is 17.0 Å². The van der Waals surface area contributed by atoms with E-state index in [-0.39, 0.29) is 24.8 Å². The van der Waals surface area contributed by atoms with E-state index >= 15 is 0 Å². The average molecular weight is 461 g/mol. The smallest absolute Gasteiger partial charge is 0.266 e. The van der Waals surface area contributed by atoms with Gasteiger partial charge in [-0.15, -0.1) is 0 Å². The molecule has 4 rings (SSSR count). The highest BCUT2D eigenvalue weighted by Crippen LogP contribution is 2.33. The van der Waals surface area contributed by atoms with Crippen LogP contribution in [0, 0.1) is 0 Å². The van der Waals surface area contributed by atoms with E-state index in [9.17, 15) is 9.59 Å². The number of para-hydroxylation sites is 2. The van der Waals surface area contributed by atoms with Gasteiger partial charge in [0, 0.05) is 18.7 Å². The Bertz CT molecular complexity index is 1160. The Labute approximate surface area is 196 Å². The molecule has 5 nitrogen and oxygen atoms in total. The van der Waals surface area contributed by atoms with Crippen molar-refractivity contribution in [3.8, 4) is 11.5 Å². The normalized spacial score (nSPS) is 14.6. The average Bonchev–Trinajstić information content (AvgIpc) is 3.06. The second kappa shape index (κ2) is 10.3. The lowest BCUT2D eigenvalue weighted by molar-refractivity contribution is -0.122. The Morgan fingerprint density at radius 3 is 2.41 bits per heavy atom. The minimum Gasteiger partial charge on any atom is -0.457 e. The van der Waals surface area contributed by atoms with Crippen molar-refractivity contribution < 1.29 is 14.3 Å². The SMILES string of the molecule is O=C(CCN1C(=O)/C(=C/c2cccc(Oc3ccccc3)c2)SC1=S)Nc1ccccc1. The monoisotopic (exact) mass is 460 g/mol. The van der Waals surface area contributed by atoms with Gasteiger partial charge in [0.2, 0.25) is 5.91 Å². The maximum absolute atomic E-state index is 12.9. The number of carbonyl (C=O) groups excluding carboxylic acids is 2. The Morgan fingerprint density at radius 1 is 0.969 bits per heavy atom. The number of ether oxygens (including phenoxy) is 1. The number of benzene rings is 3. The molecule has 0 saturated carbocycles. The predicted octanol–water partition coefficient (Wildman–Crippen LogP) is 5.71. The number of nitrogens with zero attached hydrogens (tertiary/aromatic N) is 1. The summed E-state index contributed by atoms with van der Waals surface area (Å²) in [7, 11) is 0. The molecule has 0 spiro atoms. The zero-order valence-electron chi connectivity index (χ0n) is 17.1. The number of hydrogen-bond donors (Lipinski definition) is 1. The lowest BCUT2D eigenvalue weighted by atomic mass is 10.2. The van der Waals surface area contributed by atoms with Gasteiger partial charge in [0.15, 0.2) is 0 Å². The Hall–Kier alpha value is -3.42. The largest absolute Gasteiger partial charge is 0.457 e. The molecule has 0 radical (unpaired) electrons. The number of nitrogens with one attached hydrogen (secondary N) is 1. The molecule has 3 aromatic rings.